The molecule has 0 aliphatic heterocycles. The number of carbonyl (C=O) groups is 7. The number of nitrogens with one attached hydrogen (secondary N) is 4. The Morgan fingerprint density at radius 1 is 0.525 bits per heavy atom. The predicted octanol–water partition coefficient (Wildman–Crippen LogP) is 17.4. The van der Waals surface area contributed by atoms with Crippen LogP contribution in [0.2, 0.25) is 0 Å². The molecule has 0 radical (unpaired) electrons. The number of aliphatic carboxylic acids is 2. The summed E-state index contributed by atoms with van der Waals surface area (Å²) in [5, 5.41) is 47.5. The average Bonchev–Trinajstić information content (AvgIpc) is 0.781. The first-order chi connectivity index (χ1) is 46.0. The van der Waals surface area contributed by atoms with Crippen LogP contribution in [0.3, 0.4) is 0 Å². The van der Waals surface area contributed by atoms with Crippen molar-refractivity contribution in [2.45, 2.75) is 121 Å². The topological polar surface area (TPSA) is 320 Å². The Balaban J connectivity index is 0.000000397. The summed E-state index contributed by atoms with van der Waals surface area (Å²) in [5.74, 6) is -5.72. The monoisotopic (exact) mass is 1720 g/mol. The van der Waals surface area contributed by atoms with E-state index in [9.17, 15) is 84.5 Å². The van der Waals surface area contributed by atoms with E-state index in [1.807, 2.05) is 45.2 Å². The fourth-order valence-corrected chi connectivity index (χ4v) is 10.2. The van der Waals surface area contributed by atoms with Crippen LogP contribution < -0.4 is 27.0 Å². The van der Waals surface area contributed by atoms with Gasteiger partial charge in [0.2, 0.25) is 23.6 Å². The summed E-state index contributed by atoms with van der Waals surface area (Å²) in [6.45, 7) is 16.9. The summed E-state index contributed by atoms with van der Waals surface area (Å²) in [6, 6.07) is 19.0. The number of hydrogen-bond acceptors (Lipinski definition) is 12. The molecule has 0 spiro atoms. The number of fused-ring (bicyclic) bond motifs is 1. The lowest BCUT2D eigenvalue weighted by atomic mass is 9.86. The van der Waals surface area contributed by atoms with E-state index in [1.54, 1.807) is 72.7 Å². The van der Waals surface area contributed by atoms with Crippen LogP contribution in [-0.2, 0) is 41.6 Å². The minimum atomic E-state index is -0.956. The van der Waals surface area contributed by atoms with Crippen molar-refractivity contribution >= 4 is 155 Å². The number of carbonyl (C=O) groups excluding carboxylic acids is 5. The first-order valence-corrected chi connectivity index (χ1v) is 32.6. The lowest BCUT2D eigenvalue weighted by molar-refractivity contribution is -0.385. The van der Waals surface area contributed by atoms with E-state index in [-0.39, 0.29) is 71.1 Å². The van der Waals surface area contributed by atoms with Crippen molar-refractivity contribution < 1.29 is 84.4 Å². The van der Waals surface area contributed by atoms with Gasteiger partial charge in [-0.15, -0.1) is 0 Å². The van der Waals surface area contributed by atoms with E-state index in [0.717, 1.165) is 36.8 Å². The number of ketones is 1. The molecule has 530 valence electrons. The molecule has 0 bridgehead atoms. The number of nitrogen functional groups attached to an aromatic ring is 1. The van der Waals surface area contributed by atoms with Gasteiger partial charge in [-0.2, -0.15) is 0 Å². The number of carboxylic acids is 2. The van der Waals surface area contributed by atoms with E-state index in [4.69, 9.17) is 15.9 Å². The maximum absolute atomic E-state index is 13.7. The Bertz CT molecular complexity index is 4150. The predicted molar refractivity (Wildman–Crippen MR) is 390 cm³/mol. The quantitative estimate of drug-likeness (QED) is 0.0186. The van der Waals surface area contributed by atoms with Gasteiger partial charge in [-0.05, 0) is 258 Å². The van der Waals surface area contributed by atoms with Gasteiger partial charge in [0.25, 0.3) is 11.4 Å². The van der Waals surface area contributed by atoms with E-state index in [1.165, 1.54) is 88.4 Å². The summed E-state index contributed by atoms with van der Waals surface area (Å²) >= 11 is 5.95. The Hall–Kier alpha value is -8.93. The van der Waals surface area contributed by atoms with Gasteiger partial charge >= 0.3 is 11.9 Å². The van der Waals surface area contributed by atoms with Crippen molar-refractivity contribution in [3.05, 3.63) is 224 Å². The van der Waals surface area contributed by atoms with Gasteiger partial charge in [0.15, 0.2) is 5.78 Å². The number of nitrogens with two attached hydrogens (primary N) is 1. The smallest absolute Gasteiger partial charge is 0.307 e. The Morgan fingerprint density at radius 3 is 1.43 bits per heavy atom. The number of amides is 4. The third kappa shape index (κ3) is 30.0. The van der Waals surface area contributed by atoms with Gasteiger partial charge in [0.05, 0.1) is 34.1 Å². The zero-order valence-electron chi connectivity index (χ0n) is 55.3. The molecule has 0 saturated heterocycles. The molecule has 20 nitrogen and oxygen atoms in total. The average molecular weight is 1720 g/mol. The van der Waals surface area contributed by atoms with Crippen molar-refractivity contribution in [2.24, 2.45) is 0 Å². The summed E-state index contributed by atoms with van der Waals surface area (Å²) in [6.07, 6.45) is 5.69. The molecule has 99 heavy (non-hydrogen) atoms. The van der Waals surface area contributed by atoms with Crippen LogP contribution in [-0.4, -0.2) is 61.4 Å². The molecule has 1 aliphatic rings. The number of carboxylic acid groups (broad SMARTS) is 2. The molecule has 8 N–H and O–H groups in total. The van der Waals surface area contributed by atoms with E-state index in [2.05, 4.69) is 43.9 Å². The molecule has 0 fully saturated rings. The fourth-order valence-electron chi connectivity index (χ4n) is 8.43. The van der Waals surface area contributed by atoms with Crippen LogP contribution in [0.5, 0.6) is 0 Å². The van der Waals surface area contributed by atoms with Gasteiger partial charge in [-0.25, -0.2) is 30.7 Å². The largest absolute Gasteiger partial charge is 0.481 e. The highest BCUT2D eigenvalue weighted by molar-refractivity contribution is 14.1. The van der Waals surface area contributed by atoms with E-state index in [0.29, 0.717) is 108 Å². The zero-order valence-corrected chi connectivity index (χ0v) is 61.8. The molecular weight excluding hydrogens is 1650 g/mol. The Labute approximate surface area is 606 Å². The number of anilines is 5. The summed E-state index contributed by atoms with van der Waals surface area (Å²) in [5.41, 5.74) is 13.0. The summed E-state index contributed by atoms with van der Waals surface area (Å²) in [7, 11) is 0. The number of hydrogen-bond donors (Lipinski definition) is 7. The number of rotatable bonds is 13. The minimum Gasteiger partial charge on any atom is -0.481 e. The lowest BCUT2D eigenvalue weighted by Gasteiger charge is -2.21. The van der Waals surface area contributed by atoms with Crippen LogP contribution >= 0.6 is 67.8 Å². The molecule has 0 unspecified atom stereocenters. The maximum atomic E-state index is 13.7. The molecule has 0 heterocycles. The third-order valence-electron chi connectivity index (χ3n) is 13.7. The second-order valence-electron chi connectivity index (χ2n) is 21.7. The molecule has 0 saturated carbocycles. The number of aryl methyl sites for hydroxylation is 2. The normalized spacial score (nSPS) is 10.8. The van der Waals surface area contributed by atoms with Crippen LogP contribution in [0.4, 0.5) is 70.5 Å². The molecule has 30 heteroatoms. The van der Waals surface area contributed by atoms with Gasteiger partial charge in [0.1, 0.15) is 40.7 Å². The molecule has 0 aromatic heterocycles. The van der Waals surface area contributed by atoms with Crippen molar-refractivity contribution in [3.8, 4) is 0 Å². The first kappa shape index (κ1) is 86.2. The summed E-state index contributed by atoms with van der Waals surface area (Å²) in [4.78, 5) is 95.3. The SMILES string of the molecule is CC(=O)Nc1cc(F)c(C)c(/C=C\CC(=O)O)c1.CC(=O)Nc1cc(F)c(C)c(CCCC(=O)O)c1.CC(=O)Nc1cc(F)c(C)c(I)c1.CC(=O)Nc1cc(F)c(C)c2c1C(=O)CCC2.Cc1c(F)cc(N)cc1I.Cc1c(F)cc([N+](=O)[O-])cc1I.Cc1ccc([N+](=O)[O-])cc1F. The number of nitro groups is 2. The highest BCUT2D eigenvalue weighted by Crippen LogP contribution is 2.33. The van der Waals surface area contributed by atoms with Crippen LogP contribution in [0.15, 0.2) is 91.0 Å². The molecule has 4 amide bonds. The Kier molecular flexibility index (Phi) is 36.1. The van der Waals surface area contributed by atoms with Gasteiger partial charge in [0, 0.05) is 91.7 Å². The van der Waals surface area contributed by atoms with Gasteiger partial charge in [-0.3, -0.25) is 53.8 Å². The van der Waals surface area contributed by atoms with Crippen molar-refractivity contribution in [1.29, 1.82) is 0 Å². The van der Waals surface area contributed by atoms with Gasteiger partial charge < -0.3 is 37.2 Å². The second-order valence-corrected chi connectivity index (χ2v) is 25.2. The number of non-ortho nitro benzene ring substituents is 2. The molecular formula is C69H71F7I3N7O13. The zero-order chi connectivity index (χ0) is 75.5. The van der Waals surface area contributed by atoms with Crippen LogP contribution in [0.25, 0.3) is 6.08 Å². The van der Waals surface area contributed by atoms with Crippen LogP contribution in [0.1, 0.15) is 126 Å². The van der Waals surface area contributed by atoms with Crippen LogP contribution in [0, 0.1) is 120 Å². The highest BCUT2D eigenvalue weighted by atomic mass is 127. The molecule has 7 aromatic carbocycles. The summed E-state index contributed by atoms with van der Waals surface area (Å²) < 4.78 is 94.5. The minimum absolute atomic E-state index is 0.0156. The molecule has 8 rings (SSSR count). The number of nitro benzene ring substituents is 2. The highest BCUT2D eigenvalue weighted by Gasteiger charge is 2.25. The molecule has 0 atom stereocenters. The number of benzene rings is 7. The number of halogens is 10. The van der Waals surface area contributed by atoms with Crippen molar-refractivity contribution in [2.75, 3.05) is 27.0 Å². The first-order valence-electron chi connectivity index (χ1n) is 29.4. The number of nitrogens with zero attached hydrogens (tertiary/aromatic N) is 2. The fraction of sp³-hybridized carbons (Fsp3) is 0.261. The molecule has 7 aromatic rings. The second kappa shape index (κ2) is 41.5. The Morgan fingerprint density at radius 2 is 0.970 bits per heavy atom. The molecule has 1 aliphatic carbocycles. The lowest BCUT2D eigenvalue weighted by Crippen LogP contribution is -2.18. The third-order valence-corrected chi connectivity index (χ3v) is 17.1. The van der Waals surface area contributed by atoms with E-state index >= 15 is 0 Å². The van der Waals surface area contributed by atoms with Gasteiger partial charge in [-0.1, -0.05) is 12.2 Å². The van der Waals surface area contributed by atoms with Crippen molar-refractivity contribution in [1.82, 2.24) is 0 Å². The van der Waals surface area contributed by atoms with E-state index < -0.39 is 45.1 Å². The van der Waals surface area contributed by atoms with Crippen molar-refractivity contribution in [3.63, 3.8) is 0 Å². The standard InChI is InChI=1S/C13H16FNO3.C13H14FNO3.C13H14FNO2.C9H9FINO.C7H5FINO2.C7H7FIN.C7H6FNO2/c2*1-8-10(4-3-5-13(17)18)6-11(7-12(8)14)15-9(2)16;1-7-9-4-3-5-12(17)13(9)11(6-10(7)14)15-8(2)16;1-5-8(10)3-7(4-9(5)11)12-6(2)13;1-4-6(8)2-5(10(11)12)3-7(4)9;1-4-6(8)2-5(10)3-7(4)9;1-5-2-3-6(9(10)11)4-7(5)8/h6-7H,3-5H2,1-2H3,(H,15,16)(H,17,18);3-4,6-7H,5H2,1-2H3,(H,15,16)(H,17,18);6H,3-5H2,1-2H3,(H,15,16);3-4H,1-2H3,(H,12,13);2-3H,1H3;2-3H,10H2,1H3;2-4H,1H3/b;4-3-;;;;;. The number of Topliss-reactive ketones (excluding diaryl/α,β-unsaturated/α-hetero) is 1. The maximum Gasteiger partial charge on any atom is 0.307 e.